The molecule has 0 bridgehead atoms. The van der Waals surface area contributed by atoms with E-state index in [-0.39, 0.29) is 19.3 Å². The number of esters is 3. The first-order chi connectivity index (χ1) is 56.2. The van der Waals surface area contributed by atoms with Crippen LogP contribution in [0.3, 0.4) is 0 Å². The Balaban J connectivity index is 4.48. The minimum Gasteiger partial charge on any atom is -0.463 e. The van der Waals surface area contributed by atoms with E-state index < -0.39 is 91.5 Å². The van der Waals surface area contributed by atoms with Gasteiger partial charge in [-0.3, -0.25) is 32.5 Å². The van der Waals surface area contributed by atoms with Gasteiger partial charge in [-0.05, 0) is 148 Å². The second kappa shape index (κ2) is 88.5. The van der Waals surface area contributed by atoms with E-state index >= 15 is 0 Å². The van der Waals surface area contributed by atoms with E-state index in [1.165, 1.54) is 141 Å². The Labute approximate surface area is 701 Å². The Morgan fingerprint density at radius 1 is 0.252 bits per heavy atom. The zero-order valence-corrected chi connectivity index (χ0v) is 74.5. The summed E-state index contributed by atoms with van der Waals surface area (Å²) >= 11 is 0. The quantitative estimate of drug-likeness (QED) is 0.0146. The number of hydrogen-bond acceptors (Lipinski definition) is 14. The molecular weight excluding hydrogens is 1480 g/mol. The van der Waals surface area contributed by atoms with Crippen LogP contribution in [0.4, 0.5) is 0 Å². The number of aliphatic hydroxyl groups excluding tert-OH is 2. The van der Waals surface area contributed by atoms with Crippen molar-refractivity contribution in [1.82, 2.24) is 0 Å². The van der Waals surface area contributed by atoms with Gasteiger partial charge >= 0.3 is 33.6 Å². The standard InChI is InChI=1S/C97H166O16P2/c1-4-7-10-13-16-19-22-25-28-31-33-35-37-39-41-42-43-44-45-46-47-48-50-52-53-55-57-60-62-65-68-71-74-77-80-83-95(100)107-86-92(98)87-109-114(103,104)110-88-93(99)89-111-115(105,106)112-91-94(113-97(102)85-82-79-76-73-70-67-64-59-30-27-24-21-18-15-12-9-6-3)90-108-96(101)84-81-78-75-72-69-66-63-61-58-56-54-51-49-40-38-36-34-32-29-26-23-20-17-14-11-8-5-2/h8-9,11-12,16-21,25-30,33-36,39-41,49,54,56,92-94,98-99H,4-7,10,13-15,22-24,31-32,37-38,42-48,50-53,55,57-91H2,1-3H3,(H,103,104)(H,105,106)/b11-8-,12-9-,19-16-,20-17-,21-18-,28-25-,29-26-,30-27-,35-33-,36-34-,41-39-,49-40-,56-54-. The van der Waals surface area contributed by atoms with Crippen LogP contribution in [0.5, 0.6) is 0 Å². The summed E-state index contributed by atoms with van der Waals surface area (Å²) in [5.74, 6) is -1.59. The normalized spacial score (nSPS) is 14.5. The molecule has 0 saturated heterocycles. The van der Waals surface area contributed by atoms with Crippen molar-refractivity contribution in [2.24, 2.45) is 0 Å². The van der Waals surface area contributed by atoms with Crippen molar-refractivity contribution in [3.8, 4) is 0 Å². The van der Waals surface area contributed by atoms with Gasteiger partial charge in [0.2, 0.25) is 0 Å². The summed E-state index contributed by atoms with van der Waals surface area (Å²) in [4.78, 5) is 58.9. The second-order valence-electron chi connectivity index (χ2n) is 30.3. The summed E-state index contributed by atoms with van der Waals surface area (Å²) < 4.78 is 61.4. The van der Waals surface area contributed by atoms with Gasteiger partial charge in [-0.1, -0.05) is 371 Å². The van der Waals surface area contributed by atoms with E-state index in [1.807, 2.05) is 0 Å². The fraction of sp³-hybridized carbons (Fsp3) is 0.701. The minimum absolute atomic E-state index is 0.0876. The predicted molar refractivity (Wildman–Crippen MR) is 482 cm³/mol. The van der Waals surface area contributed by atoms with Crippen LogP contribution in [0.2, 0.25) is 0 Å². The lowest BCUT2D eigenvalue weighted by molar-refractivity contribution is -0.161. The van der Waals surface area contributed by atoms with Crippen LogP contribution in [-0.2, 0) is 55.8 Å². The Bertz CT molecular complexity index is 2720. The van der Waals surface area contributed by atoms with Crippen LogP contribution < -0.4 is 0 Å². The molecule has 18 heteroatoms. The summed E-state index contributed by atoms with van der Waals surface area (Å²) in [7, 11) is -9.81. The topological polar surface area (TPSA) is 231 Å². The van der Waals surface area contributed by atoms with Crippen molar-refractivity contribution >= 4 is 33.6 Å². The van der Waals surface area contributed by atoms with Crippen LogP contribution in [0.25, 0.3) is 0 Å². The average molecular weight is 1650 g/mol. The number of allylic oxidation sites excluding steroid dienone is 26. The van der Waals surface area contributed by atoms with Gasteiger partial charge in [0.05, 0.1) is 26.4 Å². The first kappa shape index (κ1) is 110. The highest BCUT2D eigenvalue weighted by Gasteiger charge is 2.29. The number of aliphatic hydroxyl groups is 2. The van der Waals surface area contributed by atoms with Crippen molar-refractivity contribution in [1.29, 1.82) is 0 Å². The number of carbonyl (C=O) groups excluding carboxylic acids is 3. The summed E-state index contributed by atoms with van der Waals surface area (Å²) in [6, 6.07) is 0. The lowest BCUT2D eigenvalue weighted by Crippen LogP contribution is -2.30. The Morgan fingerprint density at radius 2 is 0.461 bits per heavy atom. The van der Waals surface area contributed by atoms with E-state index in [9.17, 15) is 43.5 Å². The average Bonchev–Trinajstić information content (AvgIpc) is 0.872. The maximum Gasteiger partial charge on any atom is 0.472 e. The van der Waals surface area contributed by atoms with E-state index in [2.05, 4.69) is 179 Å². The Morgan fingerprint density at radius 3 is 0.730 bits per heavy atom. The van der Waals surface area contributed by atoms with Gasteiger partial charge in [0.15, 0.2) is 6.10 Å². The summed E-state index contributed by atoms with van der Waals surface area (Å²) in [5, 5.41) is 20.7. The van der Waals surface area contributed by atoms with Gasteiger partial charge in [-0.2, -0.15) is 0 Å². The molecule has 0 aliphatic carbocycles. The van der Waals surface area contributed by atoms with Gasteiger partial charge in [0.25, 0.3) is 0 Å². The molecule has 0 rings (SSSR count). The molecule has 0 heterocycles. The summed E-state index contributed by atoms with van der Waals surface area (Å²) in [5.41, 5.74) is 0. The van der Waals surface area contributed by atoms with Crippen molar-refractivity contribution in [2.45, 2.75) is 399 Å². The number of phosphoric ester groups is 2. The largest absolute Gasteiger partial charge is 0.472 e. The van der Waals surface area contributed by atoms with Crippen LogP contribution in [0, 0.1) is 0 Å². The molecule has 0 aromatic heterocycles. The zero-order chi connectivity index (χ0) is 83.6. The van der Waals surface area contributed by atoms with Crippen LogP contribution >= 0.6 is 15.6 Å². The lowest BCUT2D eigenvalue weighted by Gasteiger charge is -2.21. The first-order valence-electron chi connectivity index (χ1n) is 45.8. The molecule has 0 amide bonds. The van der Waals surface area contributed by atoms with E-state index in [0.717, 1.165) is 180 Å². The number of carbonyl (C=O) groups is 3. The number of unbranched alkanes of at least 4 members (excludes halogenated alkanes) is 37. The third-order valence-corrected chi connectivity index (χ3v) is 21.1. The minimum atomic E-state index is -4.95. The Hall–Kier alpha value is -4.83. The highest BCUT2D eigenvalue weighted by molar-refractivity contribution is 7.47. The molecule has 0 aromatic carbocycles. The zero-order valence-electron chi connectivity index (χ0n) is 72.7. The highest BCUT2D eigenvalue weighted by atomic mass is 31.2. The maximum atomic E-state index is 13.0. The van der Waals surface area contributed by atoms with Crippen LogP contribution in [0.15, 0.2) is 158 Å². The molecule has 115 heavy (non-hydrogen) atoms. The monoisotopic (exact) mass is 1650 g/mol. The van der Waals surface area contributed by atoms with E-state index in [0.29, 0.717) is 19.3 Å². The number of hydrogen-bond donors (Lipinski definition) is 4. The smallest absolute Gasteiger partial charge is 0.463 e. The van der Waals surface area contributed by atoms with Gasteiger partial charge < -0.3 is 34.2 Å². The molecule has 0 aromatic rings. The third kappa shape index (κ3) is 89.8. The first-order valence-corrected chi connectivity index (χ1v) is 48.8. The molecule has 0 aliphatic rings. The lowest BCUT2D eigenvalue weighted by atomic mass is 10.0. The van der Waals surface area contributed by atoms with E-state index in [4.69, 9.17) is 32.3 Å². The third-order valence-electron chi connectivity index (χ3n) is 19.2. The van der Waals surface area contributed by atoms with Crippen molar-refractivity contribution < 1.29 is 75.8 Å². The molecule has 0 radical (unpaired) electrons. The van der Waals surface area contributed by atoms with Crippen LogP contribution in [-0.4, -0.2) is 95.9 Å². The molecule has 16 nitrogen and oxygen atoms in total. The van der Waals surface area contributed by atoms with E-state index in [1.54, 1.807) is 0 Å². The molecule has 5 unspecified atom stereocenters. The second-order valence-corrected chi connectivity index (χ2v) is 33.2. The molecule has 5 atom stereocenters. The number of ether oxygens (including phenoxy) is 3. The molecular formula is C97H166O16P2. The summed E-state index contributed by atoms with van der Waals surface area (Å²) in [6.07, 6.45) is 113. The van der Waals surface area contributed by atoms with Gasteiger partial charge in [-0.25, -0.2) is 9.13 Å². The van der Waals surface area contributed by atoms with Gasteiger partial charge in [-0.15, -0.1) is 0 Å². The number of phosphoric acid groups is 2. The molecule has 0 spiro atoms. The fourth-order valence-electron chi connectivity index (χ4n) is 12.3. The molecule has 660 valence electrons. The fourth-order valence-corrected chi connectivity index (χ4v) is 13.9. The molecule has 0 fully saturated rings. The van der Waals surface area contributed by atoms with Crippen molar-refractivity contribution in [3.63, 3.8) is 0 Å². The maximum absolute atomic E-state index is 13.0. The van der Waals surface area contributed by atoms with Crippen molar-refractivity contribution in [3.05, 3.63) is 158 Å². The van der Waals surface area contributed by atoms with Gasteiger partial charge in [0, 0.05) is 19.3 Å². The number of rotatable bonds is 86. The van der Waals surface area contributed by atoms with Crippen LogP contribution in [0.1, 0.15) is 380 Å². The Kier molecular flexibility index (Phi) is 84.7. The van der Waals surface area contributed by atoms with Crippen molar-refractivity contribution in [2.75, 3.05) is 39.6 Å². The molecule has 0 aliphatic heterocycles. The highest BCUT2D eigenvalue weighted by Crippen LogP contribution is 2.45. The molecule has 4 N–H and O–H groups in total. The molecule has 0 saturated carbocycles. The predicted octanol–water partition coefficient (Wildman–Crippen LogP) is 28.1. The SMILES string of the molecule is CC/C=C\C/C=C\C/C=C\C/C=C\C/C=C\C/C=C\CCCCCCCCCCC(=O)OCC(COP(=O)(O)OCC(O)COP(=O)(O)OCC(O)COC(=O)CCCCCCCCCCCCCCCCCCCCC/C=C\C/C=C\C/C=C\C/C=C\CCCCC)OC(=O)CCCCCCCCC/C=C\C/C=C\C/C=C\CC. The van der Waals surface area contributed by atoms with Gasteiger partial charge in [0.1, 0.15) is 25.4 Å². The summed E-state index contributed by atoms with van der Waals surface area (Å²) in [6.45, 7) is 2.45.